The van der Waals surface area contributed by atoms with Crippen molar-refractivity contribution in [2.45, 2.75) is 46.4 Å². The summed E-state index contributed by atoms with van der Waals surface area (Å²) in [5, 5.41) is 0. The zero-order chi connectivity index (χ0) is 23.6. The third kappa shape index (κ3) is 4.99. The van der Waals surface area contributed by atoms with Gasteiger partial charge in [-0.25, -0.2) is 16.8 Å². The van der Waals surface area contributed by atoms with Crippen LogP contribution in [0.15, 0.2) is 74.7 Å². The van der Waals surface area contributed by atoms with Gasteiger partial charge >= 0.3 is 0 Å². The quantitative estimate of drug-likeness (QED) is 0.500. The molecule has 7 nitrogen and oxygen atoms in total. The van der Waals surface area contributed by atoms with Gasteiger partial charge in [-0.1, -0.05) is 23.8 Å². The Kier molecular flexibility index (Phi) is 6.92. The summed E-state index contributed by atoms with van der Waals surface area (Å²) in [6.45, 7) is 2.83. The molecule has 33 heavy (non-hydrogen) atoms. The van der Waals surface area contributed by atoms with Crippen LogP contribution < -0.4 is 10.5 Å². The van der Waals surface area contributed by atoms with Crippen LogP contribution in [0.5, 0.6) is 5.75 Å². The minimum atomic E-state index is -3.89. The third-order valence-corrected chi connectivity index (χ3v) is 10.9. The van der Waals surface area contributed by atoms with Crippen molar-refractivity contribution in [3.63, 3.8) is 0 Å². The summed E-state index contributed by atoms with van der Waals surface area (Å²) in [7, 11) is -7.73. The van der Waals surface area contributed by atoms with Gasteiger partial charge in [0.2, 0.25) is 19.9 Å². The number of hydrogen-bond donors (Lipinski definition) is 1. The lowest BCUT2D eigenvalue weighted by atomic mass is 10.2. The van der Waals surface area contributed by atoms with Crippen LogP contribution in [0.1, 0.15) is 23.3 Å². The monoisotopic (exact) mass is 506 g/mol. The molecule has 4 rings (SSSR count). The van der Waals surface area contributed by atoms with E-state index in [4.69, 9.17) is 10.5 Å². The Hall–Kier alpha value is -2.24. The summed E-state index contributed by atoms with van der Waals surface area (Å²) in [5.41, 5.74) is 6.71. The van der Waals surface area contributed by atoms with Crippen molar-refractivity contribution >= 4 is 31.2 Å². The molecule has 1 saturated heterocycles. The lowest BCUT2D eigenvalue weighted by molar-refractivity contribution is 0.232. The van der Waals surface area contributed by atoms with Gasteiger partial charge in [-0.05, 0) is 62.2 Å². The smallest absolute Gasteiger partial charge is 0.243 e. The predicted molar refractivity (Wildman–Crippen MR) is 128 cm³/mol. The summed E-state index contributed by atoms with van der Waals surface area (Å²) in [5.74, 6) is 0.686. The van der Waals surface area contributed by atoms with Gasteiger partial charge in [0.15, 0.2) is 0 Å². The van der Waals surface area contributed by atoms with Crippen LogP contribution in [-0.4, -0.2) is 40.3 Å². The molecule has 1 aliphatic rings. The topological polar surface area (TPSA) is 107 Å². The van der Waals surface area contributed by atoms with Gasteiger partial charge in [0, 0.05) is 18.0 Å². The van der Waals surface area contributed by atoms with Crippen molar-refractivity contribution in [2.24, 2.45) is 5.73 Å². The molecule has 2 heterocycles. The second-order valence-electron chi connectivity index (χ2n) is 7.94. The van der Waals surface area contributed by atoms with Crippen molar-refractivity contribution < 1.29 is 21.6 Å². The molecule has 1 fully saturated rings. The Balaban J connectivity index is 1.57. The number of sulfonamides is 1. The fraction of sp³-hybridized carbons (Fsp3) is 0.304. The highest BCUT2D eigenvalue weighted by Gasteiger charge is 2.36. The molecule has 0 saturated carbocycles. The number of thiophene rings is 1. The fourth-order valence-corrected chi connectivity index (χ4v) is 8.27. The molecule has 0 radical (unpaired) electrons. The Morgan fingerprint density at radius 2 is 1.76 bits per heavy atom. The van der Waals surface area contributed by atoms with Crippen LogP contribution >= 0.6 is 11.3 Å². The van der Waals surface area contributed by atoms with Gasteiger partial charge in [0.05, 0.1) is 15.8 Å². The van der Waals surface area contributed by atoms with Crippen LogP contribution in [0.25, 0.3) is 0 Å². The number of ether oxygens (including phenoxy) is 1. The van der Waals surface area contributed by atoms with E-state index in [1.54, 1.807) is 6.07 Å². The van der Waals surface area contributed by atoms with E-state index in [0.29, 0.717) is 18.7 Å². The van der Waals surface area contributed by atoms with Crippen LogP contribution in [-0.2, 0) is 26.4 Å². The zero-order valence-electron chi connectivity index (χ0n) is 18.2. The number of sulfone groups is 1. The lowest BCUT2D eigenvalue weighted by Crippen LogP contribution is -2.39. The average molecular weight is 507 g/mol. The summed E-state index contributed by atoms with van der Waals surface area (Å²) in [6, 6.07) is 16.0. The van der Waals surface area contributed by atoms with Crippen molar-refractivity contribution in [3.05, 3.63) is 71.1 Å². The second-order valence-corrected chi connectivity index (χ2v) is 13.2. The molecule has 0 unspecified atom stereocenters. The Bertz CT molecular complexity index is 1330. The Morgan fingerprint density at radius 1 is 1.03 bits per heavy atom. The molecule has 0 spiro atoms. The summed E-state index contributed by atoms with van der Waals surface area (Å²) in [6.07, 6.45) is 1.40. The molecule has 2 aromatic carbocycles. The first kappa shape index (κ1) is 23.9. The first-order valence-electron chi connectivity index (χ1n) is 10.6. The molecule has 0 amide bonds. The van der Waals surface area contributed by atoms with Crippen LogP contribution in [0.4, 0.5) is 0 Å². The minimum Gasteiger partial charge on any atom is -0.492 e. The molecule has 1 atom stereocenters. The number of nitrogens with zero attached hydrogens (tertiary/aromatic N) is 1. The highest BCUT2D eigenvalue weighted by Crippen LogP contribution is 2.31. The molecular weight excluding hydrogens is 480 g/mol. The Labute approximate surface area is 198 Å². The Morgan fingerprint density at radius 3 is 2.45 bits per heavy atom. The SMILES string of the molecule is Cc1ccc(OC[C@@H]2CCCN2S(=O)(=O)c2cccc(S(=O)(=O)c3ccc(CN)s3)c2)cc1. The van der Waals surface area contributed by atoms with Crippen molar-refractivity contribution in [2.75, 3.05) is 13.2 Å². The van der Waals surface area contributed by atoms with Gasteiger partial charge in [-0.2, -0.15) is 4.31 Å². The van der Waals surface area contributed by atoms with E-state index >= 15 is 0 Å². The number of hydrogen-bond acceptors (Lipinski definition) is 7. The lowest BCUT2D eigenvalue weighted by Gasteiger charge is -2.24. The third-order valence-electron chi connectivity index (χ3n) is 5.61. The van der Waals surface area contributed by atoms with Gasteiger partial charge in [-0.3, -0.25) is 0 Å². The molecule has 10 heteroatoms. The molecule has 3 aromatic rings. The van der Waals surface area contributed by atoms with Gasteiger partial charge in [0.25, 0.3) is 0 Å². The van der Waals surface area contributed by atoms with Crippen molar-refractivity contribution in [3.8, 4) is 5.75 Å². The van der Waals surface area contributed by atoms with Crippen LogP contribution in [0.2, 0.25) is 0 Å². The van der Waals surface area contributed by atoms with Gasteiger partial charge < -0.3 is 10.5 Å². The fourth-order valence-electron chi connectivity index (χ4n) is 3.78. The zero-order valence-corrected chi connectivity index (χ0v) is 20.6. The van der Waals surface area contributed by atoms with E-state index in [1.165, 1.54) is 34.6 Å². The molecule has 1 aliphatic heterocycles. The van der Waals surface area contributed by atoms with Gasteiger partial charge in [-0.15, -0.1) is 11.3 Å². The number of nitrogens with two attached hydrogens (primary N) is 1. The van der Waals surface area contributed by atoms with Crippen LogP contribution in [0, 0.1) is 6.92 Å². The van der Waals surface area contributed by atoms with Crippen molar-refractivity contribution in [1.29, 1.82) is 0 Å². The summed E-state index contributed by atoms with van der Waals surface area (Å²) >= 11 is 1.09. The van der Waals surface area contributed by atoms with E-state index in [2.05, 4.69) is 0 Å². The van der Waals surface area contributed by atoms with E-state index in [1.807, 2.05) is 31.2 Å². The highest BCUT2D eigenvalue weighted by molar-refractivity contribution is 7.93. The number of benzene rings is 2. The molecule has 0 aliphatic carbocycles. The highest BCUT2D eigenvalue weighted by atomic mass is 32.2. The maximum Gasteiger partial charge on any atom is 0.243 e. The molecule has 0 bridgehead atoms. The number of rotatable bonds is 8. The number of aryl methyl sites for hydroxylation is 1. The van der Waals surface area contributed by atoms with E-state index in [9.17, 15) is 16.8 Å². The first-order chi connectivity index (χ1) is 15.7. The van der Waals surface area contributed by atoms with E-state index < -0.39 is 19.9 Å². The first-order valence-corrected chi connectivity index (χ1v) is 14.3. The molecule has 1 aromatic heterocycles. The largest absolute Gasteiger partial charge is 0.492 e. The maximum atomic E-state index is 13.4. The predicted octanol–water partition coefficient (Wildman–Crippen LogP) is 3.58. The van der Waals surface area contributed by atoms with E-state index in [-0.39, 0.29) is 33.2 Å². The van der Waals surface area contributed by atoms with Gasteiger partial charge in [0.1, 0.15) is 16.6 Å². The normalized spacial score (nSPS) is 17.3. The summed E-state index contributed by atoms with van der Waals surface area (Å²) < 4.78 is 60.4. The minimum absolute atomic E-state index is 0.0404. The maximum absolute atomic E-state index is 13.4. The van der Waals surface area contributed by atoms with Crippen LogP contribution in [0.3, 0.4) is 0 Å². The molecular formula is C23H26N2O5S3. The standard InChI is InChI=1S/C23H26N2O5S3/c1-17-7-9-19(10-8-17)30-16-18-4-3-13-25(18)33(28,29)22-6-2-5-21(14-22)32(26,27)23-12-11-20(15-24)31-23/h2,5-12,14,18H,3-4,13,15-16,24H2,1H3/t18-/m0/s1. The average Bonchev–Trinajstić information content (AvgIpc) is 3.49. The molecule has 2 N–H and O–H groups in total. The second kappa shape index (κ2) is 9.55. The van der Waals surface area contributed by atoms with E-state index in [0.717, 1.165) is 28.2 Å². The molecule has 176 valence electrons. The summed E-state index contributed by atoms with van der Waals surface area (Å²) in [4.78, 5) is 0.646. The van der Waals surface area contributed by atoms with Crippen molar-refractivity contribution in [1.82, 2.24) is 4.31 Å².